The molecular formula is C26H37Cl2N5O2. The van der Waals surface area contributed by atoms with Crippen molar-refractivity contribution < 1.29 is 9.59 Å². The van der Waals surface area contributed by atoms with Gasteiger partial charge in [-0.25, -0.2) is 0 Å². The summed E-state index contributed by atoms with van der Waals surface area (Å²) in [6.07, 6.45) is 1.81. The fourth-order valence-electron chi connectivity index (χ4n) is 5.14. The van der Waals surface area contributed by atoms with Crippen molar-refractivity contribution in [3.05, 3.63) is 59.4 Å². The number of aryl methyl sites for hydroxylation is 1. The van der Waals surface area contributed by atoms with E-state index in [-0.39, 0.29) is 42.5 Å². The number of amides is 2. The van der Waals surface area contributed by atoms with Crippen LogP contribution < -0.4 is 10.2 Å². The summed E-state index contributed by atoms with van der Waals surface area (Å²) in [6, 6.07) is 11.5. The normalized spacial score (nSPS) is 21.9. The molecule has 1 fully saturated rings. The Kier molecular flexibility index (Phi) is 10.1. The van der Waals surface area contributed by atoms with Crippen molar-refractivity contribution in [1.29, 1.82) is 0 Å². The molecule has 0 unspecified atom stereocenters. The molecule has 2 aliphatic rings. The highest BCUT2D eigenvalue weighted by molar-refractivity contribution is 6.08. The van der Waals surface area contributed by atoms with Crippen molar-refractivity contribution in [2.75, 3.05) is 44.2 Å². The Balaban J connectivity index is 0.00000216. The molecule has 0 aliphatic carbocycles. The summed E-state index contributed by atoms with van der Waals surface area (Å²) in [4.78, 5) is 38.3. The zero-order chi connectivity index (χ0) is 23.6. The molecule has 3 heterocycles. The van der Waals surface area contributed by atoms with Crippen LogP contribution in [0.15, 0.2) is 42.6 Å². The zero-order valence-corrected chi connectivity index (χ0v) is 22.6. The van der Waals surface area contributed by atoms with Crippen LogP contribution in [0.5, 0.6) is 0 Å². The van der Waals surface area contributed by atoms with E-state index in [1.165, 1.54) is 0 Å². The van der Waals surface area contributed by atoms with Crippen molar-refractivity contribution in [2.45, 2.75) is 39.8 Å². The number of nitrogens with zero attached hydrogens (tertiary/aromatic N) is 4. The van der Waals surface area contributed by atoms with Crippen LogP contribution in [0.25, 0.3) is 0 Å². The minimum Gasteiger partial charge on any atom is -0.345 e. The molecule has 1 N–H and O–H groups in total. The predicted molar refractivity (Wildman–Crippen MR) is 145 cm³/mol. The van der Waals surface area contributed by atoms with Crippen LogP contribution in [0.1, 0.15) is 42.4 Å². The summed E-state index contributed by atoms with van der Waals surface area (Å²) in [5.74, 6) is -0.359. The molecule has 2 aromatic rings. The van der Waals surface area contributed by atoms with Crippen molar-refractivity contribution in [1.82, 2.24) is 20.1 Å². The molecule has 1 aromatic carbocycles. The fraction of sp³-hybridized carbons (Fsp3) is 0.500. The number of likely N-dealkylation sites (tertiary alicyclic amines) is 1. The number of para-hydroxylation sites is 1. The number of pyridine rings is 1. The van der Waals surface area contributed by atoms with Gasteiger partial charge in [-0.2, -0.15) is 0 Å². The minimum atomic E-state index is -0.641. The van der Waals surface area contributed by atoms with Gasteiger partial charge in [0.05, 0.1) is 28.4 Å². The highest BCUT2D eigenvalue weighted by atomic mass is 35.5. The number of nitrogens with one attached hydrogen (secondary N) is 1. The number of halogens is 2. The van der Waals surface area contributed by atoms with Gasteiger partial charge in [-0.1, -0.05) is 32.0 Å². The van der Waals surface area contributed by atoms with Gasteiger partial charge in [-0.15, -0.1) is 24.8 Å². The summed E-state index contributed by atoms with van der Waals surface area (Å²) in [6.45, 7) is 13.4. The molecule has 0 spiro atoms. The third-order valence-corrected chi connectivity index (χ3v) is 7.19. The lowest BCUT2D eigenvalue weighted by Gasteiger charge is -2.38. The number of hydrogen-bond acceptors (Lipinski definition) is 5. The van der Waals surface area contributed by atoms with E-state index in [4.69, 9.17) is 0 Å². The third kappa shape index (κ3) is 5.97. The number of likely N-dealkylation sites (N-methyl/N-ethyl adjacent to an activating group) is 1. The van der Waals surface area contributed by atoms with Crippen molar-refractivity contribution in [3.63, 3.8) is 0 Å². The average molecular weight is 523 g/mol. The van der Waals surface area contributed by atoms with Gasteiger partial charge in [-0.05, 0) is 50.7 Å². The van der Waals surface area contributed by atoms with Crippen LogP contribution in [0, 0.1) is 12.8 Å². The quantitative estimate of drug-likeness (QED) is 0.603. The highest BCUT2D eigenvalue weighted by Crippen LogP contribution is 2.35. The number of rotatable bonds is 7. The molecule has 2 atom stereocenters. The molecule has 1 aromatic heterocycles. The molecule has 9 heteroatoms. The number of fused-ring (bicyclic) bond motifs is 2. The molecule has 7 nitrogen and oxygen atoms in total. The lowest BCUT2D eigenvalue weighted by atomic mass is 9.86. The van der Waals surface area contributed by atoms with Gasteiger partial charge in [-0.3, -0.25) is 19.5 Å². The number of carbonyl (C=O) groups excluding carboxylic acids is 2. The van der Waals surface area contributed by atoms with Crippen molar-refractivity contribution in [3.8, 4) is 0 Å². The average Bonchev–Trinajstić information content (AvgIpc) is 3.12. The maximum absolute atomic E-state index is 14.0. The summed E-state index contributed by atoms with van der Waals surface area (Å²) in [5.41, 5.74) is 2.77. The minimum absolute atomic E-state index is 0. The van der Waals surface area contributed by atoms with Crippen LogP contribution in [0.4, 0.5) is 5.69 Å². The third-order valence-electron chi connectivity index (χ3n) is 7.19. The highest BCUT2D eigenvalue weighted by Gasteiger charge is 2.51. The van der Waals surface area contributed by atoms with E-state index in [0.717, 1.165) is 30.9 Å². The van der Waals surface area contributed by atoms with Crippen LogP contribution in [-0.4, -0.2) is 71.4 Å². The maximum atomic E-state index is 14.0. The number of benzene rings is 1. The van der Waals surface area contributed by atoms with E-state index in [1.807, 2.05) is 48.4 Å². The number of anilines is 1. The SMILES string of the molecule is CCN(CC)CCN1C(=O)[C@@H]2CN(Cc3ncccc3C)C[C@]2(C)NC(=O)c2ccccc21.Cl.Cl. The number of hydrogen-bond donors (Lipinski definition) is 1. The van der Waals surface area contributed by atoms with Gasteiger partial charge < -0.3 is 15.1 Å². The molecule has 2 amide bonds. The molecule has 1 saturated heterocycles. The molecular weight excluding hydrogens is 485 g/mol. The first-order valence-electron chi connectivity index (χ1n) is 11.9. The molecule has 192 valence electrons. The van der Waals surface area contributed by atoms with Gasteiger partial charge in [0.2, 0.25) is 5.91 Å². The van der Waals surface area contributed by atoms with Gasteiger partial charge in [0.1, 0.15) is 0 Å². The monoisotopic (exact) mass is 521 g/mol. The number of aromatic nitrogens is 1. The smallest absolute Gasteiger partial charge is 0.253 e. The first-order chi connectivity index (χ1) is 15.9. The van der Waals surface area contributed by atoms with E-state index in [0.29, 0.717) is 37.4 Å². The molecule has 0 radical (unpaired) electrons. The maximum Gasteiger partial charge on any atom is 0.253 e. The van der Waals surface area contributed by atoms with Crippen LogP contribution in [0.3, 0.4) is 0 Å². The lowest BCUT2D eigenvalue weighted by Crippen LogP contribution is -2.59. The van der Waals surface area contributed by atoms with E-state index >= 15 is 0 Å². The molecule has 4 rings (SSSR count). The predicted octanol–water partition coefficient (Wildman–Crippen LogP) is 3.54. The molecule has 35 heavy (non-hydrogen) atoms. The Hall–Kier alpha value is -2.19. The Labute approximate surface area is 221 Å². The van der Waals surface area contributed by atoms with Crippen LogP contribution >= 0.6 is 24.8 Å². The second kappa shape index (κ2) is 12.2. The summed E-state index contributed by atoms with van der Waals surface area (Å²) in [5, 5.41) is 3.22. The first-order valence-corrected chi connectivity index (χ1v) is 11.9. The second-order valence-electron chi connectivity index (χ2n) is 9.39. The van der Waals surface area contributed by atoms with Crippen LogP contribution in [-0.2, 0) is 11.3 Å². The van der Waals surface area contributed by atoms with Crippen LogP contribution in [0.2, 0.25) is 0 Å². The Bertz CT molecular complexity index is 1030. The van der Waals surface area contributed by atoms with E-state index in [1.54, 1.807) is 0 Å². The van der Waals surface area contributed by atoms with Gasteiger partial charge in [0.15, 0.2) is 0 Å². The van der Waals surface area contributed by atoms with E-state index in [2.05, 4.69) is 46.9 Å². The standard InChI is InChI=1S/C26H35N5O2.2ClH/c1-5-29(6-2)14-15-31-23-12-8-7-11-20(23)24(32)28-26(4)18-30(16-21(26)25(31)33)17-22-19(3)10-9-13-27-22;;/h7-13,21H,5-6,14-18H2,1-4H3,(H,28,32);2*1H/t21-,26-;;/m0../s1. The van der Waals surface area contributed by atoms with Gasteiger partial charge in [0.25, 0.3) is 5.91 Å². The zero-order valence-electron chi connectivity index (χ0n) is 21.0. The van der Waals surface area contributed by atoms with E-state index in [9.17, 15) is 9.59 Å². The summed E-state index contributed by atoms with van der Waals surface area (Å²) < 4.78 is 0. The van der Waals surface area contributed by atoms with Crippen molar-refractivity contribution in [2.24, 2.45) is 5.92 Å². The van der Waals surface area contributed by atoms with E-state index < -0.39 is 5.54 Å². The molecule has 0 bridgehead atoms. The van der Waals surface area contributed by atoms with Gasteiger partial charge >= 0.3 is 0 Å². The van der Waals surface area contributed by atoms with Gasteiger partial charge in [0, 0.05) is 38.9 Å². The molecule has 2 aliphatic heterocycles. The fourth-order valence-corrected chi connectivity index (χ4v) is 5.14. The Morgan fingerprint density at radius 1 is 1.11 bits per heavy atom. The molecule has 0 saturated carbocycles. The largest absolute Gasteiger partial charge is 0.345 e. The number of carbonyl (C=O) groups is 2. The lowest BCUT2D eigenvalue weighted by molar-refractivity contribution is -0.123. The second-order valence-corrected chi connectivity index (χ2v) is 9.39. The first kappa shape index (κ1) is 29.0. The van der Waals surface area contributed by atoms with Crippen molar-refractivity contribution >= 4 is 42.3 Å². The Morgan fingerprint density at radius 2 is 1.83 bits per heavy atom. The summed E-state index contributed by atoms with van der Waals surface area (Å²) >= 11 is 0. The topological polar surface area (TPSA) is 68.8 Å². The summed E-state index contributed by atoms with van der Waals surface area (Å²) in [7, 11) is 0. The Morgan fingerprint density at radius 3 is 2.51 bits per heavy atom.